The van der Waals surface area contributed by atoms with Crippen molar-refractivity contribution < 1.29 is 5.11 Å². The molecule has 1 heterocycles. The zero-order valence-electron chi connectivity index (χ0n) is 12.5. The molecule has 2 aromatic rings. The first-order valence-electron chi connectivity index (χ1n) is 7.64. The van der Waals surface area contributed by atoms with Crippen molar-refractivity contribution in [2.45, 2.75) is 38.8 Å². The average molecular weight is 285 g/mol. The van der Waals surface area contributed by atoms with E-state index in [1.54, 1.807) is 0 Å². The fourth-order valence-electron chi connectivity index (χ4n) is 3.18. The number of aromatic nitrogens is 2. The number of nitrogens with one attached hydrogen (secondary N) is 1. The van der Waals surface area contributed by atoms with Gasteiger partial charge in [-0.15, -0.1) is 0 Å². The molecule has 2 N–H and O–H groups in total. The van der Waals surface area contributed by atoms with Gasteiger partial charge in [0.1, 0.15) is 0 Å². The predicted molar refractivity (Wildman–Crippen MR) is 83.2 cm³/mol. The van der Waals surface area contributed by atoms with Crippen LogP contribution in [0.5, 0.6) is 0 Å². The molecule has 0 amide bonds. The average Bonchev–Trinajstić information content (AvgIpc) is 3.13. The van der Waals surface area contributed by atoms with Crippen LogP contribution >= 0.6 is 0 Å². The molecule has 2 atom stereocenters. The first-order chi connectivity index (χ1) is 10.2. The van der Waals surface area contributed by atoms with Crippen LogP contribution in [-0.4, -0.2) is 27.5 Å². The van der Waals surface area contributed by atoms with Gasteiger partial charge in [-0.2, -0.15) is 5.10 Å². The second-order valence-corrected chi connectivity index (χ2v) is 6.27. The molecule has 1 aliphatic carbocycles. The number of aliphatic hydroxyl groups is 1. The Morgan fingerprint density at radius 2 is 2.19 bits per heavy atom. The van der Waals surface area contributed by atoms with E-state index in [4.69, 9.17) is 0 Å². The molecule has 21 heavy (non-hydrogen) atoms. The van der Waals surface area contributed by atoms with Crippen LogP contribution in [0.25, 0.3) is 5.69 Å². The summed E-state index contributed by atoms with van der Waals surface area (Å²) in [4.78, 5) is 0. The fourth-order valence-corrected chi connectivity index (χ4v) is 3.18. The van der Waals surface area contributed by atoms with Crippen LogP contribution in [-0.2, 0) is 6.54 Å². The molecular formula is C17H23N3O. The van der Waals surface area contributed by atoms with Crippen molar-refractivity contribution in [1.82, 2.24) is 15.1 Å². The Kier molecular flexibility index (Phi) is 4.08. The molecule has 3 rings (SSSR count). The zero-order valence-corrected chi connectivity index (χ0v) is 12.5. The van der Waals surface area contributed by atoms with Crippen LogP contribution in [0.1, 0.15) is 31.7 Å². The summed E-state index contributed by atoms with van der Waals surface area (Å²) in [7, 11) is 0. The third kappa shape index (κ3) is 3.01. The molecule has 0 aliphatic heterocycles. The van der Waals surface area contributed by atoms with Crippen molar-refractivity contribution in [3.63, 3.8) is 0 Å². The third-order valence-corrected chi connectivity index (χ3v) is 4.65. The summed E-state index contributed by atoms with van der Waals surface area (Å²) in [6.07, 6.45) is 7.41. The van der Waals surface area contributed by atoms with Crippen molar-refractivity contribution in [3.05, 3.63) is 48.3 Å². The minimum absolute atomic E-state index is 0.0232. The largest absolute Gasteiger partial charge is 0.396 e. The van der Waals surface area contributed by atoms with E-state index in [1.165, 1.54) is 12.0 Å². The van der Waals surface area contributed by atoms with E-state index < -0.39 is 0 Å². The Bertz CT molecular complexity index is 581. The van der Waals surface area contributed by atoms with Crippen molar-refractivity contribution in [1.29, 1.82) is 0 Å². The van der Waals surface area contributed by atoms with E-state index in [2.05, 4.69) is 23.5 Å². The number of nitrogens with zero attached hydrogens (tertiary/aromatic N) is 2. The second kappa shape index (κ2) is 6.00. The van der Waals surface area contributed by atoms with Gasteiger partial charge in [0.2, 0.25) is 0 Å². The molecule has 4 nitrogen and oxygen atoms in total. The molecule has 0 spiro atoms. The van der Waals surface area contributed by atoms with E-state index in [9.17, 15) is 5.11 Å². The van der Waals surface area contributed by atoms with Crippen LogP contribution < -0.4 is 5.32 Å². The maximum absolute atomic E-state index is 9.59. The lowest BCUT2D eigenvalue weighted by molar-refractivity contribution is 0.118. The van der Waals surface area contributed by atoms with Gasteiger partial charge < -0.3 is 10.4 Å². The lowest BCUT2D eigenvalue weighted by Crippen LogP contribution is -2.41. The van der Waals surface area contributed by atoms with Crippen LogP contribution in [0.2, 0.25) is 0 Å². The number of rotatable bonds is 5. The Hall–Kier alpha value is -1.65. The zero-order chi connectivity index (χ0) is 14.7. The summed E-state index contributed by atoms with van der Waals surface area (Å²) in [6, 6.07) is 10.5. The molecule has 2 unspecified atom stereocenters. The topological polar surface area (TPSA) is 50.1 Å². The molecule has 0 bridgehead atoms. The van der Waals surface area contributed by atoms with Crippen molar-refractivity contribution in [2.24, 2.45) is 5.41 Å². The number of para-hydroxylation sites is 1. The Morgan fingerprint density at radius 3 is 2.95 bits per heavy atom. The summed E-state index contributed by atoms with van der Waals surface area (Å²) in [5, 5.41) is 17.6. The van der Waals surface area contributed by atoms with Crippen LogP contribution in [0, 0.1) is 5.41 Å². The summed E-state index contributed by atoms with van der Waals surface area (Å²) in [5.41, 5.74) is 2.27. The lowest BCUT2D eigenvalue weighted by Gasteiger charge is -2.30. The fraction of sp³-hybridized carbons (Fsp3) is 0.471. The lowest BCUT2D eigenvalue weighted by atomic mass is 9.86. The van der Waals surface area contributed by atoms with Gasteiger partial charge in [0, 0.05) is 36.4 Å². The highest BCUT2D eigenvalue weighted by atomic mass is 16.3. The van der Waals surface area contributed by atoms with E-state index in [-0.39, 0.29) is 12.0 Å². The van der Waals surface area contributed by atoms with Gasteiger partial charge in [0.25, 0.3) is 0 Å². The smallest absolute Gasteiger partial charge is 0.0645 e. The predicted octanol–water partition coefficient (Wildman–Crippen LogP) is 2.51. The maximum atomic E-state index is 9.59. The molecule has 4 heteroatoms. The van der Waals surface area contributed by atoms with E-state index in [0.29, 0.717) is 6.04 Å². The first-order valence-corrected chi connectivity index (χ1v) is 7.64. The van der Waals surface area contributed by atoms with Gasteiger partial charge in [-0.3, -0.25) is 0 Å². The van der Waals surface area contributed by atoms with Gasteiger partial charge in [-0.05, 0) is 25.0 Å². The SMILES string of the molecule is CC1(CO)CCCC1NCc1cnn(-c2ccccc2)c1. The van der Waals surface area contributed by atoms with Crippen molar-refractivity contribution in [3.8, 4) is 5.69 Å². The molecule has 112 valence electrons. The molecule has 1 aliphatic rings. The van der Waals surface area contributed by atoms with Gasteiger partial charge in [-0.25, -0.2) is 4.68 Å². The van der Waals surface area contributed by atoms with Gasteiger partial charge in [0.15, 0.2) is 0 Å². The number of hydrogen-bond donors (Lipinski definition) is 2. The highest BCUT2D eigenvalue weighted by Gasteiger charge is 2.37. The van der Waals surface area contributed by atoms with Gasteiger partial charge in [0.05, 0.1) is 11.9 Å². The highest BCUT2D eigenvalue weighted by molar-refractivity contribution is 5.30. The van der Waals surface area contributed by atoms with E-state index >= 15 is 0 Å². The van der Waals surface area contributed by atoms with Crippen LogP contribution in [0.3, 0.4) is 0 Å². The van der Waals surface area contributed by atoms with Crippen molar-refractivity contribution >= 4 is 0 Å². The summed E-state index contributed by atoms with van der Waals surface area (Å²) < 4.78 is 1.90. The molecule has 1 fully saturated rings. The summed E-state index contributed by atoms with van der Waals surface area (Å²) >= 11 is 0. The summed E-state index contributed by atoms with van der Waals surface area (Å²) in [5.74, 6) is 0. The van der Waals surface area contributed by atoms with Crippen LogP contribution in [0.15, 0.2) is 42.7 Å². The summed E-state index contributed by atoms with van der Waals surface area (Å²) in [6.45, 7) is 3.23. The highest BCUT2D eigenvalue weighted by Crippen LogP contribution is 2.37. The molecule has 1 saturated carbocycles. The molecule has 0 radical (unpaired) electrons. The monoisotopic (exact) mass is 285 g/mol. The minimum atomic E-state index is 0.0232. The number of aliphatic hydroxyl groups excluding tert-OH is 1. The van der Waals surface area contributed by atoms with Gasteiger partial charge in [-0.1, -0.05) is 31.5 Å². The Balaban J connectivity index is 1.63. The van der Waals surface area contributed by atoms with E-state index in [1.807, 2.05) is 41.2 Å². The quantitative estimate of drug-likeness (QED) is 0.887. The van der Waals surface area contributed by atoms with Crippen molar-refractivity contribution in [2.75, 3.05) is 6.61 Å². The number of hydrogen-bond acceptors (Lipinski definition) is 3. The Labute approximate surface area is 125 Å². The molecule has 1 aromatic heterocycles. The standard InChI is InChI=1S/C17H23N3O/c1-17(13-21)9-5-8-16(17)18-10-14-11-19-20(12-14)15-6-3-2-4-7-15/h2-4,6-7,11-12,16,18,21H,5,8-10,13H2,1H3. The molecular weight excluding hydrogens is 262 g/mol. The first kappa shape index (κ1) is 14.3. The minimum Gasteiger partial charge on any atom is -0.396 e. The third-order valence-electron chi connectivity index (χ3n) is 4.65. The van der Waals surface area contributed by atoms with Crippen LogP contribution in [0.4, 0.5) is 0 Å². The second-order valence-electron chi connectivity index (χ2n) is 6.27. The molecule has 1 aromatic carbocycles. The molecule has 0 saturated heterocycles. The normalized spacial score (nSPS) is 25.3. The maximum Gasteiger partial charge on any atom is 0.0645 e. The number of benzene rings is 1. The van der Waals surface area contributed by atoms with Gasteiger partial charge >= 0.3 is 0 Å². The Morgan fingerprint density at radius 1 is 1.38 bits per heavy atom. The van der Waals surface area contributed by atoms with E-state index in [0.717, 1.165) is 25.1 Å².